The van der Waals surface area contributed by atoms with Crippen LogP contribution in [0.5, 0.6) is 5.75 Å². The Balaban J connectivity index is 2.08. The third-order valence-corrected chi connectivity index (χ3v) is 3.25. The zero-order valence-corrected chi connectivity index (χ0v) is 9.83. The number of nitrogens with one attached hydrogen (secondary N) is 1. The maximum Gasteiger partial charge on any atom is 0.143 e. The lowest BCUT2D eigenvalue weighted by Gasteiger charge is -2.24. The zero-order valence-electron chi connectivity index (χ0n) is 9.83. The standard InChI is InChI=1S/C13H20N2O/c1-16-12-9-5-8-11(13(12)14)15-10-6-3-2-4-7-10/h5,8-10,15H,2-4,6-7,14H2,1H3. The molecule has 0 unspecified atom stereocenters. The zero-order chi connectivity index (χ0) is 11.4. The summed E-state index contributed by atoms with van der Waals surface area (Å²) in [5, 5.41) is 3.52. The molecule has 1 saturated carbocycles. The van der Waals surface area contributed by atoms with Crippen LogP contribution in [0, 0.1) is 0 Å². The number of hydrogen-bond acceptors (Lipinski definition) is 3. The van der Waals surface area contributed by atoms with E-state index in [1.807, 2.05) is 18.2 Å². The van der Waals surface area contributed by atoms with Crippen molar-refractivity contribution >= 4 is 11.4 Å². The number of nitrogen functional groups attached to an aromatic ring is 1. The van der Waals surface area contributed by atoms with Crippen molar-refractivity contribution in [2.24, 2.45) is 0 Å². The topological polar surface area (TPSA) is 47.3 Å². The molecule has 0 aromatic heterocycles. The van der Waals surface area contributed by atoms with E-state index in [1.54, 1.807) is 7.11 Å². The Morgan fingerprint density at radius 2 is 2.00 bits per heavy atom. The van der Waals surface area contributed by atoms with E-state index in [9.17, 15) is 0 Å². The van der Waals surface area contributed by atoms with E-state index in [0.29, 0.717) is 6.04 Å². The van der Waals surface area contributed by atoms with E-state index in [-0.39, 0.29) is 0 Å². The monoisotopic (exact) mass is 220 g/mol. The molecule has 1 aromatic rings. The summed E-state index contributed by atoms with van der Waals surface area (Å²) < 4.78 is 5.21. The van der Waals surface area contributed by atoms with Gasteiger partial charge in [-0.1, -0.05) is 25.3 Å². The molecule has 0 radical (unpaired) electrons. The van der Waals surface area contributed by atoms with E-state index in [1.165, 1.54) is 32.1 Å². The van der Waals surface area contributed by atoms with Crippen LogP contribution in [0.2, 0.25) is 0 Å². The van der Waals surface area contributed by atoms with Crippen molar-refractivity contribution in [3.05, 3.63) is 18.2 Å². The molecule has 0 saturated heterocycles. The third kappa shape index (κ3) is 2.40. The van der Waals surface area contributed by atoms with E-state index < -0.39 is 0 Å². The SMILES string of the molecule is COc1cccc(NC2CCCCC2)c1N. The van der Waals surface area contributed by atoms with Crippen LogP contribution in [-0.4, -0.2) is 13.2 Å². The molecule has 88 valence electrons. The summed E-state index contributed by atoms with van der Waals surface area (Å²) in [5.74, 6) is 0.751. The largest absolute Gasteiger partial charge is 0.495 e. The molecule has 3 heteroatoms. The van der Waals surface area contributed by atoms with E-state index >= 15 is 0 Å². The van der Waals surface area contributed by atoms with Gasteiger partial charge >= 0.3 is 0 Å². The lowest BCUT2D eigenvalue weighted by Crippen LogP contribution is -2.22. The van der Waals surface area contributed by atoms with Crippen molar-refractivity contribution in [1.29, 1.82) is 0 Å². The Labute approximate surface area is 97.0 Å². The molecule has 1 aliphatic carbocycles. The van der Waals surface area contributed by atoms with Crippen LogP contribution < -0.4 is 15.8 Å². The minimum Gasteiger partial charge on any atom is -0.495 e. The van der Waals surface area contributed by atoms with Crippen LogP contribution >= 0.6 is 0 Å². The molecule has 3 nitrogen and oxygen atoms in total. The number of hydrogen-bond donors (Lipinski definition) is 2. The summed E-state index contributed by atoms with van der Waals surface area (Å²) in [4.78, 5) is 0. The maximum absolute atomic E-state index is 6.02. The van der Waals surface area contributed by atoms with Gasteiger partial charge in [-0.05, 0) is 25.0 Å². The van der Waals surface area contributed by atoms with Gasteiger partial charge in [0.05, 0.1) is 18.5 Å². The van der Waals surface area contributed by atoms with Gasteiger partial charge in [-0.25, -0.2) is 0 Å². The first-order valence-corrected chi connectivity index (χ1v) is 6.00. The normalized spacial score (nSPS) is 17.1. The van der Waals surface area contributed by atoms with Crippen LogP contribution in [0.3, 0.4) is 0 Å². The predicted octanol–water partition coefficient (Wildman–Crippen LogP) is 3.02. The molecule has 0 amide bonds. The molecule has 1 aromatic carbocycles. The highest BCUT2D eigenvalue weighted by Crippen LogP contribution is 2.31. The maximum atomic E-state index is 6.02. The molecular weight excluding hydrogens is 200 g/mol. The number of rotatable bonds is 3. The first-order valence-electron chi connectivity index (χ1n) is 6.00. The fraction of sp³-hybridized carbons (Fsp3) is 0.538. The molecule has 0 heterocycles. The molecule has 0 atom stereocenters. The predicted molar refractivity (Wildman–Crippen MR) is 67.9 cm³/mol. The van der Waals surface area contributed by atoms with E-state index in [2.05, 4.69) is 5.32 Å². The summed E-state index contributed by atoms with van der Waals surface area (Å²) in [5.41, 5.74) is 7.75. The summed E-state index contributed by atoms with van der Waals surface area (Å²) >= 11 is 0. The fourth-order valence-corrected chi connectivity index (χ4v) is 2.31. The number of methoxy groups -OCH3 is 1. The van der Waals surface area contributed by atoms with E-state index in [4.69, 9.17) is 10.5 Å². The Hall–Kier alpha value is -1.38. The number of ether oxygens (including phenoxy) is 1. The quantitative estimate of drug-likeness (QED) is 0.770. The Morgan fingerprint density at radius 1 is 1.25 bits per heavy atom. The minimum absolute atomic E-state index is 0.572. The summed E-state index contributed by atoms with van der Waals surface area (Å²) in [6.45, 7) is 0. The molecule has 0 spiro atoms. The van der Waals surface area contributed by atoms with Gasteiger partial charge in [0.1, 0.15) is 5.75 Å². The highest BCUT2D eigenvalue weighted by molar-refractivity contribution is 5.73. The Kier molecular flexibility index (Phi) is 3.54. The van der Waals surface area contributed by atoms with Gasteiger partial charge in [0.15, 0.2) is 0 Å². The average Bonchev–Trinajstić information content (AvgIpc) is 2.33. The third-order valence-electron chi connectivity index (χ3n) is 3.25. The van der Waals surface area contributed by atoms with Crippen LogP contribution in [0.15, 0.2) is 18.2 Å². The van der Waals surface area contributed by atoms with Crippen molar-refractivity contribution in [2.45, 2.75) is 38.1 Å². The molecular formula is C13H20N2O. The van der Waals surface area contributed by atoms with Crippen LogP contribution in [0.1, 0.15) is 32.1 Å². The smallest absolute Gasteiger partial charge is 0.143 e. The van der Waals surface area contributed by atoms with Crippen molar-refractivity contribution in [1.82, 2.24) is 0 Å². The lowest BCUT2D eigenvalue weighted by molar-refractivity contribution is 0.417. The van der Waals surface area contributed by atoms with Crippen LogP contribution in [0.4, 0.5) is 11.4 Å². The molecule has 16 heavy (non-hydrogen) atoms. The molecule has 1 fully saturated rings. The van der Waals surface area contributed by atoms with Gasteiger partial charge in [0.25, 0.3) is 0 Å². The molecule has 0 aliphatic heterocycles. The van der Waals surface area contributed by atoms with Crippen LogP contribution in [0.25, 0.3) is 0 Å². The minimum atomic E-state index is 0.572. The number of anilines is 2. The van der Waals surface area contributed by atoms with E-state index in [0.717, 1.165) is 17.1 Å². The summed E-state index contributed by atoms with van der Waals surface area (Å²) in [6.07, 6.45) is 6.50. The number of benzene rings is 1. The van der Waals surface area contributed by atoms with Crippen molar-refractivity contribution in [2.75, 3.05) is 18.2 Å². The Morgan fingerprint density at radius 3 is 2.69 bits per heavy atom. The second kappa shape index (κ2) is 5.10. The molecule has 1 aliphatic rings. The summed E-state index contributed by atoms with van der Waals surface area (Å²) in [7, 11) is 1.65. The van der Waals surface area contributed by atoms with Crippen molar-refractivity contribution in [3.63, 3.8) is 0 Å². The second-order valence-corrected chi connectivity index (χ2v) is 4.40. The molecule has 2 rings (SSSR count). The van der Waals surface area contributed by atoms with Crippen LogP contribution in [-0.2, 0) is 0 Å². The van der Waals surface area contributed by atoms with Gasteiger partial charge in [-0.2, -0.15) is 0 Å². The second-order valence-electron chi connectivity index (χ2n) is 4.40. The van der Waals surface area contributed by atoms with Gasteiger partial charge in [0, 0.05) is 6.04 Å². The fourth-order valence-electron chi connectivity index (χ4n) is 2.31. The number of nitrogens with two attached hydrogens (primary N) is 1. The van der Waals surface area contributed by atoms with Crippen molar-refractivity contribution < 1.29 is 4.74 Å². The lowest BCUT2D eigenvalue weighted by atomic mass is 9.95. The van der Waals surface area contributed by atoms with Gasteiger partial charge in [-0.3, -0.25) is 0 Å². The van der Waals surface area contributed by atoms with Gasteiger partial charge in [-0.15, -0.1) is 0 Å². The highest BCUT2D eigenvalue weighted by atomic mass is 16.5. The van der Waals surface area contributed by atoms with Crippen molar-refractivity contribution in [3.8, 4) is 5.75 Å². The molecule has 0 bridgehead atoms. The number of para-hydroxylation sites is 1. The Bertz CT molecular complexity index is 346. The average molecular weight is 220 g/mol. The molecule has 3 N–H and O–H groups in total. The van der Waals surface area contributed by atoms with Gasteiger partial charge in [0.2, 0.25) is 0 Å². The summed E-state index contributed by atoms with van der Waals surface area (Å²) in [6, 6.07) is 6.46. The first-order chi connectivity index (χ1) is 7.81. The highest BCUT2D eigenvalue weighted by Gasteiger charge is 2.14. The first kappa shape index (κ1) is 11.1. The van der Waals surface area contributed by atoms with Gasteiger partial charge < -0.3 is 15.8 Å².